The van der Waals surface area contributed by atoms with Gasteiger partial charge in [0.25, 0.3) is 0 Å². The highest BCUT2D eigenvalue weighted by molar-refractivity contribution is 5.91. The van der Waals surface area contributed by atoms with E-state index < -0.39 is 5.54 Å². The second-order valence-electron chi connectivity index (χ2n) is 6.78. The number of hydrogen-bond donors (Lipinski definition) is 1. The van der Waals surface area contributed by atoms with Crippen molar-refractivity contribution in [2.24, 2.45) is 0 Å². The van der Waals surface area contributed by atoms with Crippen molar-refractivity contribution in [3.05, 3.63) is 42.2 Å². The Hall–Kier alpha value is -2.63. The lowest BCUT2D eigenvalue weighted by atomic mass is 9.89. The summed E-state index contributed by atoms with van der Waals surface area (Å²) in [5.74, 6) is 0.422. The molecule has 138 valence electrons. The lowest BCUT2D eigenvalue weighted by molar-refractivity contribution is -0.143. The Labute approximate surface area is 153 Å². The van der Waals surface area contributed by atoms with Crippen molar-refractivity contribution in [2.75, 3.05) is 13.1 Å². The lowest BCUT2D eigenvalue weighted by Crippen LogP contribution is -2.58. The zero-order valence-corrected chi connectivity index (χ0v) is 15.3. The molecular weight excluding hydrogens is 330 g/mol. The van der Waals surface area contributed by atoms with Gasteiger partial charge in [0, 0.05) is 38.1 Å². The van der Waals surface area contributed by atoms with E-state index in [1.807, 2.05) is 43.3 Å². The van der Waals surface area contributed by atoms with Gasteiger partial charge in [0.05, 0.1) is 0 Å². The van der Waals surface area contributed by atoms with Crippen LogP contribution in [0.1, 0.15) is 38.9 Å². The third-order valence-corrected chi connectivity index (χ3v) is 4.92. The highest BCUT2D eigenvalue weighted by Gasteiger charge is 2.49. The van der Waals surface area contributed by atoms with Crippen molar-refractivity contribution >= 4 is 11.8 Å². The molecule has 1 N–H and O–H groups in total. The highest BCUT2D eigenvalue weighted by atomic mass is 16.5. The molecule has 1 aliphatic rings. The summed E-state index contributed by atoms with van der Waals surface area (Å²) in [5.41, 5.74) is 0.799. The van der Waals surface area contributed by atoms with Crippen LogP contribution in [0.25, 0.3) is 11.3 Å². The van der Waals surface area contributed by atoms with E-state index in [1.165, 1.54) is 6.92 Å². The standard InChI is InChI=1S/C20H25N3O3/c1-3-11-21-19(25)20(10-7-12-23(20)15(2)24)14-17-13-18(22-26-17)16-8-5-4-6-9-16/h4-6,8-9,13H,3,7,10-12,14H2,1-2H3,(H,21,25). The first-order valence-electron chi connectivity index (χ1n) is 9.14. The molecule has 6 heteroatoms. The smallest absolute Gasteiger partial charge is 0.246 e. The quantitative estimate of drug-likeness (QED) is 0.864. The molecular formula is C20H25N3O3. The summed E-state index contributed by atoms with van der Waals surface area (Å²) < 4.78 is 5.52. The molecule has 0 aliphatic carbocycles. The van der Waals surface area contributed by atoms with Crippen LogP contribution < -0.4 is 5.32 Å². The normalized spacial score (nSPS) is 19.5. The van der Waals surface area contributed by atoms with Crippen molar-refractivity contribution < 1.29 is 14.1 Å². The predicted molar refractivity (Wildman–Crippen MR) is 98.3 cm³/mol. The van der Waals surface area contributed by atoms with Gasteiger partial charge in [-0.3, -0.25) is 9.59 Å². The molecule has 1 aliphatic heterocycles. The van der Waals surface area contributed by atoms with Crippen LogP contribution in [0.4, 0.5) is 0 Å². The van der Waals surface area contributed by atoms with Crippen LogP contribution in [0.15, 0.2) is 40.9 Å². The zero-order valence-electron chi connectivity index (χ0n) is 15.3. The topological polar surface area (TPSA) is 75.4 Å². The van der Waals surface area contributed by atoms with Crippen LogP contribution in [-0.2, 0) is 16.0 Å². The highest BCUT2D eigenvalue weighted by Crippen LogP contribution is 2.34. The summed E-state index contributed by atoms with van der Waals surface area (Å²) >= 11 is 0. The molecule has 2 heterocycles. The van der Waals surface area contributed by atoms with Crippen molar-refractivity contribution in [1.82, 2.24) is 15.4 Å². The van der Waals surface area contributed by atoms with E-state index >= 15 is 0 Å². The van der Waals surface area contributed by atoms with Crippen LogP contribution in [0, 0.1) is 0 Å². The first kappa shape index (κ1) is 18.2. The predicted octanol–water partition coefficient (Wildman–Crippen LogP) is 2.79. The average molecular weight is 355 g/mol. The molecule has 6 nitrogen and oxygen atoms in total. The lowest BCUT2D eigenvalue weighted by Gasteiger charge is -2.36. The van der Waals surface area contributed by atoms with Gasteiger partial charge in [-0.25, -0.2) is 0 Å². The summed E-state index contributed by atoms with van der Waals surface area (Å²) in [7, 11) is 0. The molecule has 2 aromatic rings. The second-order valence-corrected chi connectivity index (χ2v) is 6.78. The number of amides is 2. The molecule has 3 rings (SSSR count). The fraction of sp³-hybridized carbons (Fsp3) is 0.450. The number of hydrogen-bond acceptors (Lipinski definition) is 4. The van der Waals surface area contributed by atoms with Crippen LogP contribution in [0.3, 0.4) is 0 Å². The van der Waals surface area contributed by atoms with E-state index in [4.69, 9.17) is 4.52 Å². The Morgan fingerprint density at radius 3 is 2.77 bits per heavy atom. The maximum atomic E-state index is 13.0. The second kappa shape index (κ2) is 7.72. The molecule has 0 radical (unpaired) electrons. The van der Waals surface area contributed by atoms with Crippen molar-refractivity contribution in [3.63, 3.8) is 0 Å². The Balaban J connectivity index is 1.88. The third-order valence-electron chi connectivity index (χ3n) is 4.92. The number of likely N-dealkylation sites (tertiary alicyclic amines) is 1. The molecule has 1 atom stereocenters. The number of rotatable bonds is 6. The number of nitrogens with zero attached hydrogens (tertiary/aromatic N) is 2. The number of nitrogens with one attached hydrogen (secondary N) is 1. The molecule has 1 aromatic carbocycles. The fourth-order valence-corrected chi connectivity index (χ4v) is 3.67. The summed E-state index contributed by atoms with van der Waals surface area (Å²) in [4.78, 5) is 26.8. The number of benzene rings is 1. The van der Waals surface area contributed by atoms with E-state index in [1.54, 1.807) is 4.90 Å². The molecule has 26 heavy (non-hydrogen) atoms. The minimum Gasteiger partial charge on any atom is -0.361 e. The van der Waals surface area contributed by atoms with Crippen LogP contribution in [-0.4, -0.2) is 40.5 Å². The van der Waals surface area contributed by atoms with Gasteiger partial charge >= 0.3 is 0 Å². The maximum Gasteiger partial charge on any atom is 0.246 e. The minimum atomic E-state index is -0.894. The molecule has 0 saturated carbocycles. The van der Waals surface area contributed by atoms with Gasteiger partial charge in [-0.05, 0) is 19.3 Å². The average Bonchev–Trinajstić information content (AvgIpc) is 3.28. The van der Waals surface area contributed by atoms with Crippen LogP contribution in [0.2, 0.25) is 0 Å². The Bertz CT molecular complexity index is 772. The van der Waals surface area contributed by atoms with Crippen molar-refractivity contribution in [1.29, 1.82) is 0 Å². The van der Waals surface area contributed by atoms with Crippen LogP contribution in [0.5, 0.6) is 0 Å². The largest absolute Gasteiger partial charge is 0.361 e. The monoisotopic (exact) mass is 355 g/mol. The van der Waals surface area contributed by atoms with Gasteiger partial charge in [0.1, 0.15) is 17.0 Å². The molecule has 1 unspecified atom stereocenters. The molecule has 0 bridgehead atoms. The molecule has 1 fully saturated rings. The van der Waals surface area contributed by atoms with E-state index in [2.05, 4.69) is 10.5 Å². The molecule has 2 amide bonds. The van der Waals surface area contributed by atoms with Crippen LogP contribution >= 0.6 is 0 Å². The summed E-state index contributed by atoms with van der Waals surface area (Å²) in [6.45, 7) is 4.71. The maximum absolute atomic E-state index is 13.0. The SMILES string of the molecule is CCCNC(=O)C1(Cc2cc(-c3ccccc3)no2)CCCN1C(C)=O. The van der Waals surface area contributed by atoms with Gasteiger partial charge in [-0.15, -0.1) is 0 Å². The zero-order chi connectivity index (χ0) is 18.6. The fourth-order valence-electron chi connectivity index (χ4n) is 3.67. The van der Waals surface area contributed by atoms with Gasteiger partial charge in [-0.1, -0.05) is 42.4 Å². The van der Waals surface area contributed by atoms with E-state index in [9.17, 15) is 9.59 Å². The van der Waals surface area contributed by atoms with E-state index in [0.29, 0.717) is 31.7 Å². The van der Waals surface area contributed by atoms with E-state index in [-0.39, 0.29) is 11.8 Å². The van der Waals surface area contributed by atoms with Gasteiger partial charge in [0.2, 0.25) is 11.8 Å². The summed E-state index contributed by atoms with van der Waals surface area (Å²) in [5, 5.41) is 7.10. The van der Waals surface area contributed by atoms with Crippen molar-refractivity contribution in [3.8, 4) is 11.3 Å². The summed E-state index contributed by atoms with van der Waals surface area (Å²) in [6, 6.07) is 11.6. The summed E-state index contributed by atoms with van der Waals surface area (Å²) in [6.07, 6.45) is 2.62. The Morgan fingerprint density at radius 1 is 1.31 bits per heavy atom. The molecule has 0 spiro atoms. The molecule has 1 aromatic heterocycles. The van der Waals surface area contributed by atoms with Crippen molar-refractivity contribution in [2.45, 2.75) is 45.1 Å². The Morgan fingerprint density at radius 2 is 2.08 bits per heavy atom. The van der Waals surface area contributed by atoms with Gasteiger partial charge in [0.15, 0.2) is 0 Å². The number of aromatic nitrogens is 1. The Kier molecular flexibility index (Phi) is 5.40. The third kappa shape index (κ3) is 3.49. The number of carbonyl (C=O) groups is 2. The minimum absolute atomic E-state index is 0.0862. The molecule has 1 saturated heterocycles. The van der Waals surface area contributed by atoms with Gasteiger partial charge < -0.3 is 14.7 Å². The first-order valence-corrected chi connectivity index (χ1v) is 9.14. The number of carbonyl (C=O) groups excluding carboxylic acids is 2. The van der Waals surface area contributed by atoms with Gasteiger partial charge in [-0.2, -0.15) is 0 Å². The first-order chi connectivity index (χ1) is 12.6. The van der Waals surface area contributed by atoms with E-state index in [0.717, 1.165) is 24.1 Å².